The van der Waals surface area contributed by atoms with Gasteiger partial charge in [-0.05, 0) is 6.42 Å². The zero-order valence-electron chi connectivity index (χ0n) is 7.45. The predicted octanol–water partition coefficient (Wildman–Crippen LogP) is 1.28. The molecule has 0 saturated heterocycles. The van der Waals surface area contributed by atoms with Crippen molar-refractivity contribution in [3.63, 3.8) is 0 Å². The molecule has 0 atom stereocenters. The maximum atomic E-state index is 10.7. The molecule has 12 heavy (non-hydrogen) atoms. The van der Waals surface area contributed by atoms with E-state index in [0.717, 1.165) is 12.8 Å². The fraction of sp³-hybridized carbons (Fsp3) is 0.625. The number of unbranched alkanes of at least 4 members (excludes halogenated alkanes) is 1. The minimum Gasteiger partial charge on any atom is -0.410 e. The molecule has 68 valence electrons. The molecule has 0 aromatic heterocycles. The van der Waals surface area contributed by atoms with Crippen LogP contribution >= 0.6 is 0 Å². The molecular formula is C8H14N2O2. The van der Waals surface area contributed by atoms with Gasteiger partial charge in [0.25, 0.3) is 0 Å². The maximum absolute atomic E-state index is 10.7. The van der Waals surface area contributed by atoms with Gasteiger partial charge in [0, 0.05) is 13.5 Å². The normalized spacial score (nSPS) is 12.3. The summed E-state index contributed by atoms with van der Waals surface area (Å²) in [6, 6.07) is 0. The monoisotopic (exact) mass is 170 g/mol. The van der Waals surface area contributed by atoms with Crippen molar-refractivity contribution < 1.29 is 10.0 Å². The molecule has 0 aliphatic heterocycles. The number of carbonyl (C=O) groups excluding carboxylic acids is 1. The predicted molar refractivity (Wildman–Crippen MR) is 48.2 cm³/mol. The number of rotatable bonds is 5. The number of carbonyl (C=O) groups is 1. The van der Waals surface area contributed by atoms with Gasteiger partial charge in [-0.2, -0.15) is 0 Å². The van der Waals surface area contributed by atoms with E-state index in [1.807, 2.05) is 0 Å². The molecule has 0 rings (SSSR count). The summed E-state index contributed by atoms with van der Waals surface area (Å²) in [5, 5.41) is 11.1. The van der Waals surface area contributed by atoms with Crippen LogP contribution in [-0.4, -0.2) is 29.5 Å². The van der Waals surface area contributed by atoms with Crippen LogP contribution < -0.4 is 0 Å². The number of Topliss-reactive ketones (excluding diaryl/α,β-unsaturated/α-hetero) is 1. The molecule has 4 heteroatoms. The van der Waals surface area contributed by atoms with Crippen LogP contribution in [0.5, 0.6) is 0 Å². The van der Waals surface area contributed by atoms with Gasteiger partial charge in [0.05, 0.1) is 6.21 Å². The summed E-state index contributed by atoms with van der Waals surface area (Å²) in [4.78, 5) is 14.6. The molecule has 0 aliphatic rings. The third kappa shape index (κ3) is 4.60. The minimum absolute atomic E-state index is 0.00565. The summed E-state index contributed by atoms with van der Waals surface area (Å²) in [5.74, 6) is -0.280. The number of oxime groups is 1. The van der Waals surface area contributed by atoms with Crippen molar-refractivity contribution >= 4 is 17.7 Å². The summed E-state index contributed by atoms with van der Waals surface area (Å²) in [6.45, 7) is 4.06. The Bertz CT molecular complexity index is 197. The molecule has 0 aliphatic carbocycles. The molecule has 4 nitrogen and oxygen atoms in total. The highest BCUT2D eigenvalue weighted by molar-refractivity contribution is 6.60. The Hall–Kier alpha value is -1.19. The molecule has 0 bridgehead atoms. The molecule has 0 aromatic rings. The Morgan fingerprint density at radius 3 is 2.67 bits per heavy atom. The SMILES string of the molecule is CCCCN=C/C(=N/O)C(C)=O. The van der Waals surface area contributed by atoms with E-state index in [2.05, 4.69) is 17.1 Å². The zero-order valence-corrected chi connectivity index (χ0v) is 7.45. The van der Waals surface area contributed by atoms with E-state index in [4.69, 9.17) is 5.21 Å². The van der Waals surface area contributed by atoms with Gasteiger partial charge in [-0.15, -0.1) is 0 Å². The van der Waals surface area contributed by atoms with Crippen LogP contribution in [0.4, 0.5) is 0 Å². The van der Waals surface area contributed by atoms with Crippen LogP contribution in [0.1, 0.15) is 26.7 Å². The first-order chi connectivity index (χ1) is 5.72. The molecular weight excluding hydrogens is 156 g/mol. The van der Waals surface area contributed by atoms with Crippen molar-refractivity contribution in [2.75, 3.05) is 6.54 Å². The Balaban J connectivity index is 3.87. The average molecular weight is 170 g/mol. The lowest BCUT2D eigenvalue weighted by atomic mass is 10.3. The van der Waals surface area contributed by atoms with Crippen molar-refractivity contribution in [3.05, 3.63) is 0 Å². The zero-order chi connectivity index (χ0) is 9.40. The lowest BCUT2D eigenvalue weighted by Gasteiger charge is -1.90. The second-order valence-electron chi connectivity index (χ2n) is 2.43. The lowest BCUT2D eigenvalue weighted by molar-refractivity contribution is -0.111. The number of ketones is 1. The van der Waals surface area contributed by atoms with Gasteiger partial charge >= 0.3 is 0 Å². The summed E-state index contributed by atoms with van der Waals surface area (Å²) in [7, 11) is 0. The van der Waals surface area contributed by atoms with E-state index in [1.54, 1.807) is 0 Å². The van der Waals surface area contributed by atoms with Crippen molar-refractivity contribution in [1.29, 1.82) is 0 Å². The first-order valence-corrected chi connectivity index (χ1v) is 3.95. The Morgan fingerprint density at radius 1 is 1.58 bits per heavy atom. The van der Waals surface area contributed by atoms with E-state index >= 15 is 0 Å². The van der Waals surface area contributed by atoms with Crippen LogP contribution in [-0.2, 0) is 4.79 Å². The van der Waals surface area contributed by atoms with Crippen molar-refractivity contribution in [2.45, 2.75) is 26.7 Å². The fourth-order valence-corrected chi connectivity index (χ4v) is 0.588. The number of nitrogens with zero attached hydrogens (tertiary/aromatic N) is 2. The highest BCUT2D eigenvalue weighted by atomic mass is 16.4. The van der Waals surface area contributed by atoms with E-state index in [0.29, 0.717) is 6.54 Å². The van der Waals surface area contributed by atoms with Gasteiger partial charge in [0.15, 0.2) is 11.5 Å². The maximum Gasteiger partial charge on any atom is 0.183 e. The van der Waals surface area contributed by atoms with Crippen molar-refractivity contribution in [1.82, 2.24) is 0 Å². The number of hydrogen-bond acceptors (Lipinski definition) is 4. The highest BCUT2D eigenvalue weighted by Crippen LogP contribution is 1.86. The van der Waals surface area contributed by atoms with E-state index < -0.39 is 0 Å². The Morgan fingerprint density at radius 2 is 2.25 bits per heavy atom. The first kappa shape index (κ1) is 10.8. The molecule has 0 spiro atoms. The molecule has 0 radical (unpaired) electrons. The lowest BCUT2D eigenvalue weighted by Crippen LogP contribution is -2.11. The van der Waals surface area contributed by atoms with E-state index in [-0.39, 0.29) is 11.5 Å². The highest BCUT2D eigenvalue weighted by Gasteiger charge is 2.00. The topological polar surface area (TPSA) is 62.0 Å². The minimum atomic E-state index is -0.280. The van der Waals surface area contributed by atoms with Gasteiger partial charge in [0.1, 0.15) is 0 Å². The molecule has 0 amide bonds. The summed E-state index contributed by atoms with van der Waals surface area (Å²) < 4.78 is 0. The van der Waals surface area contributed by atoms with Crippen LogP contribution in [0.3, 0.4) is 0 Å². The van der Waals surface area contributed by atoms with Crippen molar-refractivity contribution in [3.8, 4) is 0 Å². The molecule has 0 heterocycles. The quantitative estimate of drug-likeness (QED) is 0.292. The van der Waals surface area contributed by atoms with Gasteiger partial charge in [-0.3, -0.25) is 9.79 Å². The van der Waals surface area contributed by atoms with Gasteiger partial charge in [0.2, 0.25) is 0 Å². The van der Waals surface area contributed by atoms with Crippen LogP contribution in [0.2, 0.25) is 0 Å². The smallest absolute Gasteiger partial charge is 0.183 e. The van der Waals surface area contributed by atoms with E-state index in [9.17, 15) is 4.79 Å². The second kappa shape index (κ2) is 6.52. The van der Waals surface area contributed by atoms with E-state index in [1.165, 1.54) is 13.1 Å². The average Bonchev–Trinajstić information content (AvgIpc) is 2.04. The summed E-state index contributed by atoms with van der Waals surface area (Å²) >= 11 is 0. The Labute approximate surface area is 72.0 Å². The number of aliphatic imine (C=N–C) groups is 1. The van der Waals surface area contributed by atoms with Crippen molar-refractivity contribution in [2.24, 2.45) is 10.1 Å². The third-order valence-electron chi connectivity index (χ3n) is 1.32. The fourth-order valence-electron chi connectivity index (χ4n) is 0.588. The number of hydrogen-bond donors (Lipinski definition) is 1. The van der Waals surface area contributed by atoms with Crippen LogP contribution in [0, 0.1) is 0 Å². The van der Waals surface area contributed by atoms with Gasteiger partial charge < -0.3 is 5.21 Å². The van der Waals surface area contributed by atoms with Gasteiger partial charge in [-0.25, -0.2) is 0 Å². The molecule has 0 saturated carbocycles. The third-order valence-corrected chi connectivity index (χ3v) is 1.32. The first-order valence-electron chi connectivity index (χ1n) is 3.95. The molecule has 0 unspecified atom stereocenters. The van der Waals surface area contributed by atoms with Crippen LogP contribution in [0.25, 0.3) is 0 Å². The molecule has 1 N–H and O–H groups in total. The second-order valence-corrected chi connectivity index (χ2v) is 2.43. The Kier molecular flexibility index (Phi) is 5.87. The summed E-state index contributed by atoms with van der Waals surface area (Å²) in [5.41, 5.74) is 0.00565. The molecule has 0 aromatic carbocycles. The summed E-state index contributed by atoms with van der Waals surface area (Å²) in [6.07, 6.45) is 3.34. The van der Waals surface area contributed by atoms with Crippen LogP contribution in [0.15, 0.2) is 10.1 Å². The standard InChI is InChI=1S/C8H14N2O2/c1-3-4-5-9-6-8(10-12)7(2)11/h6,12H,3-5H2,1-2H3/b9-6?,10-8-. The largest absolute Gasteiger partial charge is 0.410 e. The van der Waals surface area contributed by atoms with Gasteiger partial charge in [-0.1, -0.05) is 18.5 Å². The molecule has 0 fully saturated rings.